The molecule has 6 heteroatoms. The zero-order valence-corrected chi connectivity index (χ0v) is 14.9. The minimum absolute atomic E-state index is 0.0948. The maximum absolute atomic E-state index is 12.9. The van der Waals surface area contributed by atoms with Crippen molar-refractivity contribution in [1.29, 1.82) is 0 Å². The van der Waals surface area contributed by atoms with Gasteiger partial charge in [-0.05, 0) is 43.2 Å². The van der Waals surface area contributed by atoms with Gasteiger partial charge in [0.1, 0.15) is 0 Å². The van der Waals surface area contributed by atoms with Crippen LogP contribution in [0.5, 0.6) is 0 Å². The monoisotopic (exact) mass is 346 g/mol. The summed E-state index contributed by atoms with van der Waals surface area (Å²) < 4.78 is 27.0. The Balaban J connectivity index is 2.36. The van der Waals surface area contributed by atoms with E-state index in [1.807, 2.05) is 26.0 Å². The van der Waals surface area contributed by atoms with E-state index in [1.165, 1.54) is 23.5 Å². The molecule has 0 aromatic heterocycles. The smallest absolute Gasteiger partial charge is 0.264 e. The summed E-state index contributed by atoms with van der Waals surface area (Å²) in [4.78, 5) is 12.2. The van der Waals surface area contributed by atoms with Gasteiger partial charge in [0.2, 0.25) is 0 Å². The molecule has 128 valence electrons. The molecule has 0 bridgehead atoms. The second-order valence-electron chi connectivity index (χ2n) is 5.54. The molecule has 0 saturated heterocycles. The van der Waals surface area contributed by atoms with Gasteiger partial charge in [-0.3, -0.25) is 9.10 Å². The first-order valence-corrected chi connectivity index (χ1v) is 9.24. The minimum atomic E-state index is -3.74. The lowest BCUT2D eigenvalue weighted by atomic mass is 10.2. The number of nitrogens with zero attached hydrogens (tertiary/aromatic N) is 1. The molecular formula is C18H22N2O3S. The molecular weight excluding hydrogens is 324 g/mol. The first kappa shape index (κ1) is 18.0. The number of benzene rings is 2. The van der Waals surface area contributed by atoms with Crippen LogP contribution in [0.15, 0.2) is 53.4 Å². The van der Waals surface area contributed by atoms with E-state index in [1.54, 1.807) is 24.3 Å². The number of nitrogens with one attached hydrogen (secondary N) is 1. The van der Waals surface area contributed by atoms with Gasteiger partial charge >= 0.3 is 0 Å². The van der Waals surface area contributed by atoms with Crippen molar-refractivity contribution in [3.63, 3.8) is 0 Å². The number of hydrogen-bond donors (Lipinski definition) is 1. The molecule has 0 atom stereocenters. The SMILES string of the molecule is CCCNC(=O)c1cccc(S(=O)(=O)N(C)c2ccccc2C)c1. The predicted octanol–water partition coefficient (Wildman–Crippen LogP) is 2.96. The lowest BCUT2D eigenvalue weighted by molar-refractivity contribution is 0.0953. The standard InChI is InChI=1S/C18H22N2O3S/c1-4-12-19-18(21)15-9-7-10-16(13-15)24(22,23)20(3)17-11-6-5-8-14(17)2/h5-11,13H,4,12H2,1-3H3,(H,19,21). The van der Waals surface area contributed by atoms with E-state index in [0.717, 1.165) is 12.0 Å². The molecule has 0 fully saturated rings. The van der Waals surface area contributed by atoms with Crippen LogP contribution in [-0.2, 0) is 10.0 Å². The first-order chi connectivity index (χ1) is 11.4. The highest BCUT2D eigenvalue weighted by molar-refractivity contribution is 7.92. The summed E-state index contributed by atoms with van der Waals surface area (Å²) in [7, 11) is -2.22. The van der Waals surface area contributed by atoms with Crippen molar-refractivity contribution < 1.29 is 13.2 Å². The van der Waals surface area contributed by atoms with Gasteiger partial charge in [-0.25, -0.2) is 8.42 Å². The topological polar surface area (TPSA) is 66.5 Å². The predicted molar refractivity (Wildman–Crippen MR) is 95.8 cm³/mol. The van der Waals surface area contributed by atoms with Crippen LogP contribution in [0.4, 0.5) is 5.69 Å². The average Bonchev–Trinajstić information content (AvgIpc) is 2.59. The fraction of sp³-hybridized carbons (Fsp3) is 0.278. The van der Waals surface area contributed by atoms with Crippen molar-refractivity contribution in [3.8, 4) is 0 Å². The first-order valence-electron chi connectivity index (χ1n) is 7.80. The van der Waals surface area contributed by atoms with Crippen LogP contribution in [0.25, 0.3) is 0 Å². The maximum Gasteiger partial charge on any atom is 0.264 e. The number of carbonyl (C=O) groups excluding carboxylic acids is 1. The second kappa shape index (κ2) is 7.49. The molecule has 2 aromatic rings. The summed E-state index contributed by atoms with van der Waals surface area (Å²) in [6.07, 6.45) is 0.819. The lowest BCUT2D eigenvalue weighted by Gasteiger charge is -2.21. The molecule has 0 aliphatic heterocycles. The highest BCUT2D eigenvalue weighted by Crippen LogP contribution is 2.25. The zero-order chi connectivity index (χ0) is 17.7. The summed E-state index contributed by atoms with van der Waals surface area (Å²) in [6.45, 7) is 4.37. The van der Waals surface area contributed by atoms with Crippen LogP contribution in [0.2, 0.25) is 0 Å². The third-order valence-corrected chi connectivity index (χ3v) is 5.51. The van der Waals surface area contributed by atoms with Gasteiger partial charge in [0.25, 0.3) is 15.9 Å². The number of carbonyl (C=O) groups is 1. The molecule has 0 heterocycles. The van der Waals surface area contributed by atoms with Gasteiger partial charge in [-0.2, -0.15) is 0 Å². The van der Waals surface area contributed by atoms with E-state index in [0.29, 0.717) is 17.8 Å². The van der Waals surface area contributed by atoms with E-state index in [2.05, 4.69) is 5.32 Å². The van der Waals surface area contributed by atoms with Crippen LogP contribution < -0.4 is 9.62 Å². The van der Waals surface area contributed by atoms with Crippen molar-refractivity contribution in [3.05, 3.63) is 59.7 Å². The van der Waals surface area contributed by atoms with Crippen LogP contribution in [0.1, 0.15) is 29.3 Å². The van der Waals surface area contributed by atoms with Gasteiger partial charge in [0, 0.05) is 19.2 Å². The number of para-hydroxylation sites is 1. The lowest BCUT2D eigenvalue weighted by Crippen LogP contribution is -2.28. The molecule has 0 unspecified atom stereocenters. The molecule has 0 saturated carbocycles. The molecule has 2 rings (SSSR count). The van der Waals surface area contributed by atoms with Gasteiger partial charge < -0.3 is 5.32 Å². The van der Waals surface area contributed by atoms with Gasteiger partial charge in [-0.15, -0.1) is 0 Å². The Morgan fingerprint density at radius 3 is 2.50 bits per heavy atom. The summed E-state index contributed by atoms with van der Waals surface area (Å²) in [6, 6.07) is 13.4. The Kier molecular flexibility index (Phi) is 5.62. The molecule has 5 nitrogen and oxygen atoms in total. The maximum atomic E-state index is 12.9. The molecule has 0 aliphatic rings. The molecule has 24 heavy (non-hydrogen) atoms. The van der Waals surface area contributed by atoms with Crippen LogP contribution >= 0.6 is 0 Å². The quantitative estimate of drug-likeness (QED) is 0.874. The number of amides is 1. The van der Waals surface area contributed by atoms with Gasteiger partial charge in [0.05, 0.1) is 10.6 Å². The van der Waals surface area contributed by atoms with Gasteiger partial charge in [0.15, 0.2) is 0 Å². The minimum Gasteiger partial charge on any atom is -0.352 e. The molecule has 0 radical (unpaired) electrons. The van der Waals surface area contributed by atoms with Crippen LogP contribution in [0, 0.1) is 6.92 Å². The van der Waals surface area contributed by atoms with E-state index < -0.39 is 10.0 Å². The Morgan fingerprint density at radius 1 is 1.12 bits per heavy atom. The van der Waals surface area contributed by atoms with Gasteiger partial charge in [-0.1, -0.05) is 31.2 Å². The second-order valence-corrected chi connectivity index (χ2v) is 7.51. The number of hydrogen-bond acceptors (Lipinski definition) is 3. The van der Waals surface area contributed by atoms with E-state index in [9.17, 15) is 13.2 Å². The highest BCUT2D eigenvalue weighted by Gasteiger charge is 2.23. The Hall–Kier alpha value is -2.34. The van der Waals surface area contributed by atoms with Crippen LogP contribution in [0.3, 0.4) is 0 Å². The molecule has 0 aliphatic carbocycles. The molecule has 1 amide bonds. The van der Waals surface area contributed by atoms with Crippen molar-refractivity contribution in [1.82, 2.24) is 5.32 Å². The van der Waals surface area contributed by atoms with Crippen molar-refractivity contribution in [2.24, 2.45) is 0 Å². The molecule has 1 N–H and O–H groups in total. The highest BCUT2D eigenvalue weighted by atomic mass is 32.2. The summed E-state index contributed by atoms with van der Waals surface area (Å²) >= 11 is 0. The normalized spacial score (nSPS) is 11.1. The number of rotatable bonds is 6. The Bertz CT molecular complexity index is 832. The van der Waals surface area contributed by atoms with E-state index in [4.69, 9.17) is 0 Å². The number of anilines is 1. The summed E-state index contributed by atoms with van der Waals surface area (Å²) in [5.41, 5.74) is 1.81. The number of sulfonamides is 1. The summed E-state index contributed by atoms with van der Waals surface area (Å²) in [5.74, 6) is -0.271. The van der Waals surface area contributed by atoms with E-state index in [-0.39, 0.29) is 10.8 Å². The molecule has 2 aromatic carbocycles. The average molecular weight is 346 g/mol. The van der Waals surface area contributed by atoms with E-state index >= 15 is 0 Å². The number of aryl methyl sites for hydroxylation is 1. The largest absolute Gasteiger partial charge is 0.352 e. The summed E-state index contributed by atoms with van der Waals surface area (Å²) in [5, 5.41) is 2.75. The zero-order valence-electron chi connectivity index (χ0n) is 14.1. The van der Waals surface area contributed by atoms with Crippen molar-refractivity contribution in [2.45, 2.75) is 25.2 Å². The van der Waals surface area contributed by atoms with Crippen molar-refractivity contribution in [2.75, 3.05) is 17.9 Å². The van der Waals surface area contributed by atoms with Crippen molar-refractivity contribution >= 4 is 21.6 Å². The Labute approximate surface area is 143 Å². The van der Waals surface area contributed by atoms with Crippen LogP contribution in [-0.4, -0.2) is 27.9 Å². The molecule has 0 spiro atoms. The third kappa shape index (κ3) is 3.76. The fourth-order valence-corrected chi connectivity index (χ4v) is 3.65. The fourth-order valence-electron chi connectivity index (χ4n) is 2.34. The Morgan fingerprint density at radius 2 is 1.83 bits per heavy atom. The third-order valence-electron chi connectivity index (χ3n) is 3.74.